The number of halogens is 2. The molecule has 15 heavy (non-hydrogen) atoms. The van der Waals surface area contributed by atoms with Gasteiger partial charge in [-0.2, -0.15) is 0 Å². The quantitative estimate of drug-likeness (QED) is 0.899. The van der Waals surface area contributed by atoms with Gasteiger partial charge in [0.25, 0.3) is 0 Å². The van der Waals surface area contributed by atoms with E-state index in [0.29, 0.717) is 6.04 Å². The van der Waals surface area contributed by atoms with Crippen LogP contribution in [0, 0.1) is 0 Å². The van der Waals surface area contributed by atoms with Crippen LogP contribution < -0.4 is 5.32 Å². The van der Waals surface area contributed by atoms with E-state index in [4.69, 9.17) is 11.6 Å². The predicted molar refractivity (Wildman–Crippen MR) is 68.7 cm³/mol. The molecule has 0 amide bonds. The van der Waals surface area contributed by atoms with Crippen LogP contribution in [0.5, 0.6) is 0 Å². The molecule has 1 atom stereocenters. The Kier molecular flexibility index (Phi) is 3.49. The second-order valence-corrected chi connectivity index (χ2v) is 5.47. The number of hydrogen-bond donors (Lipinski definition) is 1. The summed E-state index contributed by atoms with van der Waals surface area (Å²) < 4.78 is 0.997. The van der Waals surface area contributed by atoms with Crippen molar-refractivity contribution in [2.24, 2.45) is 0 Å². The zero-order chi connectivity index (χ0) is 10.8. The maximum atomic E-state index is 5.96. The lowest BCUT2D eigenvalue weighted by molar-refractivity contribution is 0.565. The van der Waals surface area contributed by atoms with Crippen LogP contribution in [0.1, 0.15) is 11.1 Å². The van der Waals surface area contributed by atoms with Crippen molar-refractivity contribution in [2.45, 2.75) is 18.9 Å². The van der Waals surface area contributed by atoms with Crippen LogP contribution in [0.3, 0.4) is 0 Å². The molecular formula is C12H13BrClN. The topological polar surface area (TPSA) is 12.0 Å². The van der Waals surface area contributed by atoms with E-state index >= 15 is 0 Å². The first-order valence-corrected chi connectivity index (χ1v) is 6.16. The summed E-state index contributed by atoms with van der Waals surface area (Å²) in [7, 11) is 0. The molecule has 1 N–H and O–H groups in total. The van der Waals surface area contributed by atoms with Gasteiger partial charge in [-0.05, 0) is 36.1 Å². The lowest BCUT2D eigenvalue weighted by Gasteiger charge is -2.10. The molecule has 1 aromatic rings. The van der Waals surface area contributed by atoms with Gasteiger partial charge in [-0.15, -0.1) is 0 Å². The van der Waals surface area contributed by atoms with Crippen molar-refractivity contribution in [2.75, 3.05) is 6.54 Å². The lowest BCUT2D eigenvalue weighted by Crippen LogP contribution is -2.30. The van der Waals surface area contributed by atoms with Gasteiger partial charge in [0.05, 0.1) is 0 Å². The molecule has 80 valence electrons. The first-order valence-electron chi connectivity index (χ1n) is 4.99. The molecule has 0 saturated carbocycles. The normalized spacial score (nSPS) is 18.9. The summed E-state index contributed by atoms with van der Waals surface area (Å²) in [6.07, 6.45) is 2.16. The van der Waals surface area contributed by atoms with Crippen LogP contribution in [0.2, 0.25) is 5.02 Å². The standard InChI is InChI=1S/C12H13BrClN/c1-8(13)7-15-12-5-9-2-3-11(14)4-10(9)6-12/h2-4,12,15H,1,5-7H2. The van der Waals surface area contributed by atoms with E-state index in [2.05, 4.69) is 40.0 Å². The van der Waals surface area contributed by atoms with Crippen LogP contribution in [-0.2, 0) is 12.8 Å². The Hall–Kier alpha value is -0.310. The summed E-state index contributed by atoms with van der Waals surface area (Å²) in [5, 5.41) is 4.29. The van der Waals surface area contributed by atoms with Crippen molar-refractivity contribution in [3.63, 3.8) is 0 Å². The Labute approximate surface area is 104 Å². The molecule has 0 bridgehead atoms. The van der Waals surface area contributed by atoms with Gasteiger partial charge < -0.3 is 5.32 Å². The fourth-order valence-electron chi connectivity index (χ4n) is 1.99. The van der Waals surface area contributed by atoms with E-state index in [1.54, 1.807) is 0 Å². The number of hydrogen-bond acceptors (Lipinski definition) is 1. The molecule has 0 radical (unpaired) electrons. The van der Waals surface area contributed by atoms with Crippen molar-refractivity contribution in [3.8, 4) is 0 Å². The highest BCUT2D eigenvalue weighted by molar-refractivity contribution is 9.11. The minimum absolute atomic E-state index is 0.521. The van der Waals surface area contributed by atoms with Gasteiger partial charge >= 0.3 is 0 Å². The van der Waals surface area contributed by atoms with Gasteiger partial charge in [0.15, 0.2) is 0 Å². The SMILES string of the molecule is C=C(Br)CNC1Cc2ccc(Cl)cc2C1. The molecule has 0 heterocycles. The summed E-state index contributed by atoms with van der Waals surface area (Å²) in [5.41, 5.74) is 2.79. The Morgan fingerprint density at radius 2 is 2.20 bits per heavy atom. The molecule has 0 saturated heterocycles. The Bertz CT molecular complexity index is 389. The van der Waals surface area contributed by atoms with Crippen LogP contribution in [0.25, 0.3) is 0 Å². The number of fused-ring (bicyclic) bond motifs is 1. The highest BCUT2D eigenvalue weighted by atomic mass is 79.9. The average molecular weight is 287 g/mol. The van der Waals surface area contributed by atoms with Crippen molar-refractivity contribution < 1.29 is 0 Å². The molecule has 1 aliphatic rings. The largest absolute Gasteiger partial charge is 0.309 e. The number of rotatable bonds is 3. The molecule has 1 aliphatic carbocycles. The third-order valence-electron chi connectivity index (χ3n) is 2.68. The summed E-state index contributed by atoms with van der Waals surface area (Å²) in [6, 6.07) is 6.68. The van der Waals surface area contributed by atoms with Crippen molar-refractivity contribution >= 4 is 27.5 Å². The van der Waals surface area contributed by atoms with Crippen LogP contribution in [-0.4, -0.2) is 12.6 Å². The van der Waals surface area contributed by atoms with Crippen molar-refractivity contribution in [3.05, 3.63) is 45.4 Å². The molecule has 0 fully saturated rings. The number of nitrogens with one attached hydrogen (secondary N) is 1. The zero-order valence-electron chi connectivity index (χ0n) is 8.39. The fraction of sp³-hybridized carbons (Fsp3) is 0.333. The van der Waals surface area contributed by atoms with Gasteiger partial charge in [-0.25, -0.2) is 0 Å². The summed E-state index contributed by atoms with van der Waals surface area (Å²) in [4.78, 5) is 0. The van der Waals surface area contributed by atoms with E-state index in [-0.39, 0.29) is 0 Å². The van der Waals surface area contributed by atoms with Crippen molar-refractivity contribution in [1.29, 1.82) is 0 Å². The fourth-order valence-corrected chi connectivity index (χ4v) is 2.34. The van der Waals surface area contributed by atoms with E-state index in [9.17, 15) is 0 Å². The van der Waals surface area contributed by atoms with E-state index in [0.717, 1.165) is 28.9 Å². The van der Waals surface area contributed by atoms with Crippen molar-refractivity contribution in [1.82, 2.24) is 5.32 Å². The Morgan fingerprint density at radius 1 is 1.47 bits per heavy atom. The lowest BCUT2D eigenvalue weighted by atomic mass is 10.1. The molecule has 3 heteroatoms. The van der Waals surface area contributed by atoms with Gasteiger partial charge in [0.2, 0.25) is 0 Å². The van der Waals surface area contributed by atoms with Gasteiger partial charge in [-0.1, -0.05) is 40.2 Å². The monoisotopic (exact) mass is 285 g/mol. The minimum Gasteiger partial charge on any atom is -0.309 e. The van der Waals surface area contributed by atoms with E-state index < -0.39 is 0 Å². The molecule has 1 unspecified atom stereocenters. The van der Waals surface area contributed by atoms with E-state index in [1.165, 1.54) is 11.1 Å². The van der Waals surface area contributed by atoms with Crippen LogP contribution in [0.15, 0.2) is 29.3 Å². The molecule has 0 spiro atoms. The Morgan fingerprint density at radius 3 is 2.93 bits per heavy atom. The molecule has 1 nitrogen and oxygen atoms in total. The predicted octanol–water partition coefficient (Wildman–Crippen LogP) is 3.31. The first kappa shape index (κ1) is 11.2. The molecule has 1 aromatic carbocycles. The van der Waals surface area contributed by atoms with Gasteiger partial charge in [0.1, 0.15) is 0 Å². The Balaban J connectivity index is 2.00. The highest BCUT2D eigenvalue weighted by Crippen LogP contribution is 2.25. The maximum Gasteiger partial charge on any atom is 0.0408 e. The van der Waals surface area contributed by atoms with Gasteiger partial charge in [-0.3, -0.25) is 0 Å². The average Bonchev–Trinajstić information content (AvgIpc) is 2.56. The maximum absolute atomic E-state index is 5.96. The summed E-state index contributed by atoms with van der Waals surface area (Å²) in [5.74, 6) is 0. The minimum atomic E-state index is 0.521. The molecule has 2 rings (SSSR count). The zero-order valence-corrected chi connectivity index (χ0v) is 10.7. The second-order valence-electron chi connectivity index (χ2n) is 3.92. The molecule has 0 aliphatic heterocycles. The summed E-state index contributed by atoms with van der Waals surface area (Å²) >= 11 is 9.31. The highest BCUT2D eigenvalue weighted by Gasteiger charge is 2.20. The van der Waals surface area contributed by atoms with Crippen LogP contribution in [0.4, 0.5) is 0 Å². The third kappa shape index (κ3) is 2.83. The molecular weight excluding hydrogens is 273 g/mol. The molecule has 0 aromatic heterocycles. The van der Waals surface area contributed by atoms with E-state index in [1.807, 2.05) is 6.07 Å². The van der Waals surface area contributed by atoms with Crippen LogP contribution >= 0.6 is 27.5 Å². The summed E-state index contributed by atoms with van der Waals surface area (Å²) in [6.45, 7) is 4.64. The second kappa shape index (κ2) is 4.69. The third-order valence-corrected chi connectivity index (χ3v) is 3.20. The van der Waals surface area contributed by atoms with Gasteiger partial charge in [0, 0.05) is 22.1 Å². The first-order chi connectivity index (χ1) is 7.15. The smallest absolute Gasteiger partial charge is 0.0408 e. The number of benzene rings is 1.